The lowest BCUT2D eigenvalue weighted by atomic mass is 10.2. The quantitative estimate of drug-likeness (QED) is 0.351. The molecule has 0 unspecified atom stereocenters. The van der Waals surface area contributed by atoms with E-state index in [1.54, 1.807) is 0 Å². The normalized spacial score (nSPS) is 11.7. The molecule has 6 nitrogen and oxygen atoms in total. The van der Waals surface area contributed by atoms with Gasteiger partial charge in [-0.25, -0.2) is 0 Å². The van der Waals surface area contributed by atoms with Crippen LogP contribution in [0.3, 0.4) is 0 Å². The third-order valence-electron chi connectivity index (χ3n) is 2.18. The van der Waals surface area contributed by atoms with Crippen LogP contribution in [0.5, 0.6) is 0 Å². The van der Waals surface area contributed by atoms with Crippen molar-refractivity contribution in [2.24, 2.45) is 5.16 Å². The fourth-order valence-electron chi connectivity index (χ4n) is 1.40. The molecule has 82 valence electrons. The van der Waals surface area contributed by atoms with Crippen LogP contribution >= 0.6 is 0 Å². The molecule has 0 radical (unpaired) electrons. The second kappa shape index (κ2) is 4.52. The molecule has 1 aromatic heterocycles. The number of tetrazole rings is 1. The van der Waals surface area contributed by atoms with Gasteiger partial charge in [-0.15, -0.1) is 5.10 Å². The summed E-state index contributed by atoms with van der Waals surface area (Å²) in [6, 6.07) is 9.26. The Labute approximate surface area is 92.2 Å². The maximum absolute atomic E-state index is 9.04. The van der Waals surface area contributed by atoms with Gasteiger partial charge in [-0.3, -0.25) is 0 Å². The highest BCUT2D eigenvalue weighted by Crippen LogP contribution is 2.04. The van der Waals surface area contributed by atoms with E-state index in [0.29, 0.717) is 18.1 Å². The second-order valence-corrected chi connectivity index (χ2v) is 3.15. The van der Waals surface area contributed by atoms with Crippen LogP contribution in [0.1, 0.15) is 18.3 Å². The summed E-state index contributed by atoms with van der Waals surface area (Å²) in [5.41, 5.74) is 0.756. The van der Waals surface area contributed by atoms with Gasteiger partial charge < -0.3 is 5.21 Å². The van der Waals surface area contributed by atoms with Crippen molar-refractivity contribution in [3.63, 3.8) is 0 Å². The summed E-state index contributed by atoms with van der Waals surface area (Å²) in [6.07, 6.45) is 0.666. The van der Waals surface area contributed by atoms with E-state index in [4.69, 9.17) is 5.21 Å². The zero-order valence-corrected chi connectivity index (χ0v) is 8.78. The molecule has 0 fully saturated rings. The third kappa shape index (κ3) is 1.77. The Morgan fingerprint density at radius 2 is 2.12 bits per heavy atom. The van der Waals surface area contributed by atoms with Crippen LogP contribution in [-0.2, 0) is 6.42 Å². The van der Waals surface area contributed by atoms with E-state index in [0.717, 1.165) is 5.56 Å². The molecule has 0 aliphatic heterocycles. The SMILES string of the molecule is CCc1nnnn1/C(=N\O)c1ccccc1. The Kier molecular flexibility index (Phi) is 2.90. The van der Waals surface area contributed by atoms with Crippen LogP contribution in [-0.4, -0.2) is 31.3 Å². The number of hydrogen-bond acceptors (Lipinski definition) is 5. The van der Waals surface area contributed by atoms with Crippen molar-refractivity contribution in [2.75, 3.05) is 0 Å². The summed E-state index contributed by atoms with van der Waals surface area (Å²) in [5.74, 6) is 0.971. The Hall–Kier alpha value is -2.24. The molecule has 2 aromatic rings. The lowest BCUT2D eigenvalue weighted by Gasteiger charge is -2.04. The van der Waals surface area contributed by atoms with Gasteiger partial charge in [0, 0.05) is 12.0 Å². The lowest BCUT2D eigenvalue weighted by Crippen LogP contribution is -2.18. The molecular weight excluding hydrogens is 206 g/mol. The van der Waals surface area contributed by atoms with Crippen LogP contribution < -0.4 is 0 Å². The smallest absolute Gasteiger partial charge is 0.203 e. The second-order valence-electron chi connectivity index (χ2n) is 3.15. The van der Waals surface area contributed by atoms with E-state index < -0.39 is 0 Å². The molecule has 6 heteroatoms. The number of nitrogens with zero attached hydrogens (tertiary/aromatic N) is 5. The van der Waals surface area contributed by atoms with Crippen molar-refractivity contribution in [1.29, 1.82) is 0 Å². The molecule has 0 saturated heterocycles. The predicted molar refractivity (Wildman–Crippen MR) is 57.4 cm³/mol. The van der Waals surface area contributed by atoms with E-state index in [1.807, 2.05) is 37.3 Å². The lowest BCUT2D eigenvalue weighted by molar-refractivity contribution is 0.316. The van der Waals surface area contributed by atoms with Gasteiger partial charge in [-0.1, -0.05) is 42.4 Å². The summed E-state index contributed by atoms with van der Waals surface area (Å²) in [6.45, 7) is 1.93. The third-order valence-corrected chi connectivity index (χ3v) is 2.18. The van der Waals surface area contributed by atoms with Crippen LogP contribution in [0.15, 0.2) is 35.5 Å². The molecule has 2 rings (SSSR count). The van der Waals surface area contributed by atoms with E-state index in [9.17, 15) is 0 Å². The van der Waals surface area contributed by atoms with Gasteiger partial charge in [-0.2, -0.15) is 4.68 Å². The van der Waals surface area contributed by atoms with Crippen molar-refractivity contribution >= 4 is 5.84 Å². The van der Waals surface area contributed by atoms with Gasteiger partial charge in [-0.05, 0) is 10.4 Å². The number of aromatic nitrogens is 4. The summed E-state index contributed by atoms with van der Waals surface area (Å²) in [5, 5.41) is 23.5. The molecule has 0 atom stereocenters. The molecule has 0 amide bonds. The largest absolute Gasteiger partial charge is 0.409 e. The molecule has 0 spiro atoms. The van der Waals surface area contributed by atoms with Gasteiger partial charge in [0.15, 0.2) is 5.82 Å². The molecule has 1 N–H and O–H groups in total. The highest BCUT2D eigenvalue weighted by atomic mass is 16.4. The first-order valence-electron chi connectivity index (χ1n) is 4.92. The van der Waals surface area contributed by atoms with Crippen molar-refractivity contribution in [3.05, 3.63) is 41.7 Å². The van der Waals surface area contributed by atoms with Crippen molar-refractivity contribution in [2.45, 2.75) is 13.3 Å². The minimum atomic E-state index is 0.322. The Balaban J connectivity index is 2.46. The van der Waals surface area contributed by atoms with Gasteiger partial charge in [0.2, 0.25) is 5.84 Å². The molecular formula is C10H11N5O. The maximum Gasteiger partial charge on any atom is 0.203 e. The fourth-order valence-corrected chi connectivity index (χ4v) is 1.40. The first-order valence-corrected chi connectivity index (χ1v) is 4.92. The highest BCUT2D eigenvalue weighted by Gasteiger charge is 2.12. The minimum Gasteiger partial charge on any atom is -0.409 e. The van der Waals surface area contributed by atoms with Gasteiger partial charge in [0.25, 0.3) is 0 Å². The first-order chi connectivity index (χ1) is 7.86. The number of benzene rings is 1. The molecule has 1 aromatic carbocycles. The zero-order valence-electron chi connectivity index (χ0n) is 8.78. The van der Waals surface area contributed by atoms with Crippen molar-refractivity contribution in [1.82, 2.24) is 20.2 Å². The summed E-state index contributed by atoms with van der Waals surface area (Å²) >= 11 is 0. The van der Waals surface area contributed by atoms with Crippen LogP contribution in [0.25, 0.3) is 0 Å². The van der Waals surface area contributed by atoms with E-state index in [1.165, 1.54) is 4.68 Å². The van der Waals surface area contributed by atoms with Crippen LogP contribution in [0, 0.1) is 0 Å². The zero-order chi connectivity index (χ0) is 11.4. The number of rotatable bonds is 2. The summed E-state index contributed by atoms with van der Waals surface area (Å²) < 4.78 is 1.43. The van der Waals surface area contributed by atoms with Crippen LogP contribution in [0.4, 0.5) is 0 Å². The monoisotopic (exact) mass is 217 g/mol. The van der Waals surface area contributed by atoms with Crippen molar-refractivity contribution < 1.29 is 5.21 Å². The summed E-state index contributed by atoms with van der Waals surface area (Å²) in [7, 11) is 0. The standard InChI is InChI=1S/C10H11N5O/c1-2-9-11-13-14-15(9)10(12-16)8-6-4-3-5-7-8/h3-7,16H,2H2,1H3/b12-10-. The fraction of sp³-hybridized carbons (Fsp3) is 0.200. The average molecular weight is 217 g/mol. The Morgan fingerprint density at radius 3 is 2.75 bits per heavy atom. The first kappa shape index (κ1) is 10.3. The van der Waals surface area contributed by atoms with Gasteiger partial charge >= 0.3 is 0 Å². The number of hydrogen-bond donors (Lipinski definition) is 1. The predicted octanol–water partition coefficient (Wildman–Crippen LogP) is 0.920. The molecule has 1 heterocycles. The highest BCUT2D eigenvalue weighted by molar-refractivity contribution is 5.99. The van der Waals surface area contributed by atoms with Gasteiger partial charge in [0.1, 0.15) is 0 Å². The van der Waals surface area contributed by atoms with E-state index >= 15 is 0 Å². The van der Waals surface area contributed by atoms with Crippen molar-refractivity contribution in [3.8, 4) is 0 Å². The van der Waals surface area contributed by atoms with E-state index in [2.05, 4.69) is 20.7 Å². The number of oxime groups is 1. The minimum absolute atomic E-state index is 0.322. The average Bonchev–Trinajstić information content (AvgIpc) is 2.80. The molecule has 16 heavy (non-hydrogen) atoms. The topological polar surface area (TPSA) is 76.2 Å². The van der Waals surface area contributed by atoms with E-state index in [-0.39, 0.29) is 0 Å². The number of aryl methyl sites for hydroxylation is 1. The molecule has 0 aliphatic rings. The Bertz CT molecular complexity index is 491. The Morgan fingerprint density at radius 1 is 1.38 bits per heavy atom. The van der Waals surface area contributed by atoms with Crippen LogP contribution in [0.2, 0.25) is 0 Å². The maximum atomic E-state index is 9.04. The summed E-state index contributed by atoms with van der Waals surface area (Å²) in [4.78, 5) is 0. The molecule has 0 bridgehead atoms. The van der Waals surface area contributed by atoms with Gasteiger partial charge in [0.05, 0.1) is 0 Å². The molecule has 0 aliphatic carbocycles. The molecule has 0 saturated carbocycles.